The summed E-state index contributed by atoms with van der Waals surface area (Å²) in [4.78, 5) is 12.2. The number of anilines is 1. The van der Waals surface area contributed by atoms with E-state index in [0.29, 0.717) is 21.3 Å². The molecule has 7 heteroatoms. The maximum absolute atomic E-state index is 12.2. The smallest absolute Gasteiger partial charge is 0.257 e. The molecule has 2 aromatic carbocycles. The number of amides is 1. The molecule has 114 valence electrons. The molecule has 0 unspecified atom stereocenters. The van der Waals surface area contributed by atoms with E-state index in [9.17, 15) is 4.79 Å². The number of benzene rings is 2. The van der Waals surface area contributed by atoms with Crippen molar-refractivity contribution >= 4 is 74.7 Å². The lowest BCUT2D eigenvalue weighted by molar-refractivity contribution is 0.0977. The van der Waals surface area contributed by atoms with E-state index in [-0.39, 0.29) is 11.0 Å². The monoisotopic (exact) mass is 464 g/mol. The lowest BCUT2D eigenvalue weighted by atomic mass is 10.1. The summed E-state index contributed by atoms with van der Waals surface area (Å²) in [5.74, 6) is -0.284. The number of carbonyl (C=O) groups excluding carboxylic acids is 1. The molecule has 0 heterocycles. The Balaban J connectivity index is 2.06. The molecule has 0 aliphatic heterocycles. The highest BCUT2D eigenvalue weighted by Crippen LogP contribution is 2.25. The summed E-state index contributed by atoms with van der Waals surface area (Å²) >= 11 is 19.3. The van der Waals surface area contributed by atoms with Gasteiger partial charge in [0.25, 0.3) is 5.91 Å². The van der Waals surface area contributed by atoms with Crippen molar-refractivity contribution in [2.45, 2.75) is 6.92 Å². The zero-order valence-corrected chi connectivity index (χ0v) is 15.9. The molecule has 0 saturated heterocycles. The quantitative estimate of drug-likeness (QED) is 0.483. The third-order valence-corrected chi connectivity index (χ3v) is 4.77. The molecule has 0 aliphatic carbocycles. The normalized spacial score (nSPS) is 10.2. The number of hydrogen-bond acceptors (Lipinski definition) is 2. The highest BCUT2D eigenvalue weighted by atomic mass is 127. The first-order valence-corrected chi connectivity index (χ1v) is 8.44. The number of aryl methyl sites for hydroxylation is 1. The highest BCUT2D eigenvalue weighted by molar-refractivity contribution is 14.1. The Morgan fingerprint density at radius 2 is 1.91 bits per heavy atom. The van der Waals surface area contributed by atoms with Crippen molar-refractivity contribution in [1.82, 2.24) is 5.32 Å². The van der Waals surface area contributed by atoms with Crippen LogP contribution in [-0.4, -0.2) is 11.0 Å². The van der Waals surface area contributed by atoms with Crippen molar-refractivity contribution in [2.75, 3.05) is 5.32 Å². The van der Waals surface area contributed by atoms with E-state index < -0.39 is 0 Å². The van der Waals surface area contributed by atoms with E-state index >= 15 is 0 Å². The maximum atomic E-state index is 12.2. The van der Waals surface area contributed by atoms with Crippen LogP contribution >= 0.6 is 58.0 Å². The summed E-state index contributed by atoms with van der Waals surface area (Å²) in [5.41, 5.74) is 2.19. The molecular weight excluding hydrogens is 454 g/mol. The molecule has 22 heavy (non-hydrogen) atoms. The van der Waals surface area contributed by atoms with E-state index in [1.54, 1.807) is 30.3 Å². The standard InChI is InChI=1S/C15H11Cl2IN2OS/c1-8-2-3-9(6-12(8)18)14(21)20-15(22)19-13-7-10(16)4-5-11(13)17/h2-7H,1H3,(H2,19,20,21,22). The summed E-state index contributed by atoms with van der Waals surface area (Å²) in [6, 6.07) is 10.4. The van der Waals surface area contributed by atoms with Crippen LogP contribution in [0.4, 0.5) is 5.69 Å². The second-order valence-corrected chi connectivity index (χ2v) is 6.91. The molecule has 0 fully saturated rings. The predicted molar refractivity (Wildman–Crippen MR) is 104 cm³/mol. The fourth-order valence-corrected chi connectivity index (χ4v) is 2.71. The van der Waals surface area contributed by atoms with Gasteiger partial charge in [0, 0.05) is 14.2 Å². The van der Waals surface area contributed by atoms with Crippen molar-refractivity contribution in [2.24, 2.45) is 0 Å². The van der Waals surface area contributed by atoms with Crippen molar-refractivity contribution in [3.05, 3.63) is 61.1 Å². The summed E-state index contributed by atoms with van der Waals surface area (Å²) < 4.78 is 1.02. The number of carbonyl (C=O) groups is 1. The Morgan fingerprint density at radius 3 is 2.59 bits per heavy atom. The van der Waals surface area contributed by atoms with Gasteiger partial charge in [-0.15, -0.1) is 0 Å². The van der Waals surface area contributed by atoms with Gasteiger partial charge in [0.05, 0.1) is 10.7 Å². The van der Waals surface area contributed by atoms with Crippen LogP contribution in [0.2, 0.25) is 10.0 Å². The number of rotatable bonds is 2. The van der Waals surface area contributed by atoms with Gasteiger partial charge in [-0.25, -0.2) is 0 Å². The average Bonchev–Trinajstić information content (AvgIpc) is 2.45. The SMILES string of the molecule is Cc1ccc(C(=O)NC(=S)Nc2cc(Cl)ccc2Cl)cc1I. The van der Waals surface area contributed by atoms with Gasteiger partial charge in [-0.2, -0.15) is 0 Å². The number of halogens is 3. The minimum Gasteiger partial charge on any atom is -0.331 e. The van der Waals surface area contributed by atoms with Crippen molar-refractivity contribution in [3.8, 4) is 0 Å². The molecule has 0 atom stereocenters. The summed E-state index contributed by atoms with van der Waals surface area (Å²) in [6.45, 7) is 1.98. The van der Waals surface area contributed by atoms with Gasteiger partial charge in [0.2, 0.25) is 0 Å². The van der Waals surface area contributed by atoms with Crippen molar-refractivity contribution < 1.29 is 4.79 Å². The number of thiocarbonyl (C=S) groups is 1. The van der Waals surface area contributed by atoms with E-state index in [2.05, 4.69) is 33.2 Å². The first-order valence-electron chi connectivity index (χ1n) is 6.20. The highest BCUT2D eigenvalue weighted by Gasteiger charge is 2.10. The maximum Gasteiger partial charge on any atom is 0.257 e. The Morgan fingerprint density at radius 1 is 1.18 bits per heavy atom. The lowest BCUT2D eigenvalue weighted by Gasteiger charge is -2.11. The van der Waals surface area contributed by atoms with Gasteiger partial charge in [-0.05, 0) is 77.6 Å². The summed E-state index contributed by atoms with van der Waals surface area (Å²) in [7, 11) is 0. The topological polar surface area (TPSA) is 41.1 Å². The molecule has 1 amide bonds. The second-order valence-electron chi connectivity index (χ2n) is 4.50. The molecule has 0 bridgehead atoms. The molecule has 2 rings (SSSR count). The lowest BCUT2D eigenvalue weighted by Crippen LogP contribution is -2.34. The average molecular weight is 465 g/mol. The molecule has 0 aromatic heterocycles. The van der Waals surface area contributed by atoms with Crippen LogP contribution in [0.15, 0.2) is 36.4 Å². The Bertz CT molecular complexity index is 752. The molecule has 3 nitrogen and oxygen atoms in total. The summed E-state index contributed by atoms with van der Waals surface area (Å²) in [5, 5.41) is 6.62. The van der Waals surface area contributed by atoms with Crippen LogP contribution in [-0.2, 0) is 0 Å². The first kappa shape index (κ1) is 17.5. The molecule has 2 N–H and O–H groups in total. The van der Waals surface area contributed by atoms with E-state index in [0.717, 1.165) is 9.13 Å². The van der Waals surface area contributed by atoms with Gasteiger partial charge >= 0.3 is 0 Å². The first-order chi connectivity index (χ1) is 10.4. The Labute approximate surface area is 157 Å². The molecule has 2 aromatic rings. The number of hydrogen-bond donors (Lipinski definition) is 2. The van der Waals surface area contributed by atoms with E-state index in [4.69, 9.17) is 35.4 Å². The Hall–Kier alpha value is -0.890. The van der Waals surface area contributed by atoms with Gasteiger partial charge < -0.3 is 5.32 Å². The largest absolute Gasteiger partial charge is 0.331 e. The predicted octanol–water partition coefficient (Wildman–Crippen LogP) is 5.03. The van der Waals surface area contributed by atoms with E-state index in [1.165, 1.54) is 0 Å². The second kappa shape index (κ2) is 7.59. The fourth-order valence-electron chi connectivity index (χ4n) is 1.66. The van der Waals surface area contributed by atoms with Crippen LogP contribution in [0, 0.1) is 10.5 Å². The minimum absolute atomic E-state index is 0.157. The van der Waals surface area contributed by atoms with Gasteiger partial charge in [0.15, 0.2) is 5.11 Å². The van der Waals surface area contributed by atoms with Gasteiger partial charge in [0.1, 0.15) is 0 Å². The molecular formula is C15H11Cl2IN2OS. The van der Waals surface area contributed by atoms with Crippen molar-refractivity contribution in [1.29, 1.82) is 0 Å². The third-order valence-electron chi connectivity index (χ3n) is 2.84. The third kappa shape index (κ3) is 4.55. The van der Waals surface area contributed by atoms with E-state index in [1.807, 2.05) is 13.0 Å². The van der Waals surface area contributed by atoms with Crippen LogP contribution in [0.3, 0.4) is 0 Å². The zero-order chi connectivity index (χ0) is 16.3. The fraction of sp³-hybridized carbons (Fsp3) is 0.0667. The molecule has 0 radical (unpaired) electrons. The van der Waals surface area contributed by atoms with Crippen LogP contribution < -0.4 is 10.6 Å². The van der Waals surface area contributed by atoms with Gasteiger partial charge in [-0.3, -0.25) is 10.1 Å². The molecule has 0 aliphatic rings. The Kier molecular flexibility index (Phi) is 6.02. The molecule has 0 spiro atoms. The summed E-state index contributed by atoms with van der Waals surface area (Å²) in [6.07, 6.45) is 0. The van der Waals surface area contributed by atoms with Gasteiger partial charge in [-0.1, -0.05) is 29.3 Å². The van der Waals surface area contributed by atoms with Crippen LogP contribution in [0.25, 0.3) is 0 Å². The van der Waals surface area contributed by atoms with Crippen LogP contribution in [0.1, 0.15) is 15.9 Å². The number of nitrogens with one attached hydrogen (secondary N) is 2. The minimum atomic E-state index is -0.284. The van der Waals surface area contributed by atoms with Crippen molar-refractivity contribution in [3.63, 3.8) is 0 Å². The molecule has 0 saturated carbocycles. The van der Waals surface area contributed by atoms with Crippen LogP contribution in [0.5, 0.6) is 0 Å². The zero-order valence-electron chi connectivity index (χ0n) is 11.4.